The number of ether oxygens (including phenoxy) is 2. The van der Waals surface area contributed by atoms with Crippen LogP contribution in [0.3, 0.4) is 0 Å². The Morgan fingerprint density at radius 3 is 2.55 bits per heavy atom. The number of hydrogen-bond donors (Lipinski definition) is 1. The lowest BCUT2D eigenvalue weighted by Gasteiger charge is -2.43. The molecule has 29 heavy (non-hydrogen) atoms. The van der Waals surface area contributed by atoms with Crippen molar-refractivity contribution < 1.29 is 28.7 Å². The van der Waals surface area contributed by atoms with Gasteiger partial charge in [0.05, 0.1) is 0 Å². The van der Waals surface area contributed by atoms with E-state index in [2.05, 4.69) is 5.32 Å². The maximum absolute atomic E-state index is 13.0. The third kappa shape index (κ3) is 5.06. The van der Waals surface area contributed by atoms with Gasteiger partial charge in [0.15, 0.2) is 5.78 Å². The van der Waals surface area contributed by atoms with E-state index in [9.17, 15) is 19.2 Å². The van der Waals surface area contributed by atoms with Crippen LogP contribution < -0.4 is 5.32 Å². The molecule has 2 amide bonds. The van der Waals surface area contributed by atoms with Crippen LogP contribution in [0.25, 0.3) is 0 Å². The van der Waals surface area contributed by atoms with E-state index in [4.69, 9.17) is 21.1 Å². The fourth-order valence-corrected chi connectivity index (χ4v) is 3.80. The number of rotatable bonds is 6. The lowest BCUT2D eigenvalue weighted by Crippen LogP contribution is -2.54. The number of carbonyl (C=O) groups is 4. The van der Waals surface area contributed by atoms with Crippen molar-refractivity contribution in [3.05, 3.63) is 34.9 Å². The minimum absolute atomic E-state index is 0.118. The number of benzene rings is 1. The highest BCUT2D eigenvalue weighted by Gasteiger charge is 2.48. The second kappa shape index (κ2) is 9.73. The number of hydrogen-bond acceptors (Lipinski definition) is 6. The Balaban J connectivity index is 2.12. The fourth-order valence-electron chi connectivity index (χ4n) is 3.51. The van der Waals surface area contributed by atoms with Gasteiger partial charge in [0.2, 0.25) is 12.7 Å². The van der Waals surface area contributed by atoms with Crippen molar-refractivity contribution in [2.24, 2.45) is 0 Å². The molecule has 8 nitrogen and oxygen atoms in total. The molecule has 158 valence electrons. The summed E-state index contributed by atoms with van der Waals surface area (Å²) in [5.74, 6) is -1.25. The van der Waals surface area contributed by atoms with Crippen molar-refractivity contribution in [2.45, 2.75) is 51.1 Å². The van der Waals surface area contributed by atoms with Crippen LogP contribution >= 0.6 is 11.6 Å². The van der Waals surface area contributed by atoms with Crippen LogP contribution in [0.2, 0.25) is 5.02 Å². The van der Waals surface area contributed by atoms with Gasteiger partial charge < -0.3 is 14.8 Å². The van der Waals surface area contributed by atoms with E-state index in [-0.39, 0.29) is 11.7 Å². The van der Waals surface area contributed by atoms with Crippen LogP contribution in [0.15, 0.2) is 24.3 Å². The third-order valence-corrected chi connectivity index (χ3v) is 5.31. The standard InChI is InChI=1S/C20H25ClN2O6/c1-13(22-14(2)24)18(26)28-12-29-19(27)23(3)20(11-7-6-10-17(20)25)15-8-4-5-9-16(15)21/h4-5,8-9,13H,6-7,10-12H2,1-3H3,(H,22,24)/t13?,20-/m1/s1. The van der Waals surface area contributed by atoms with E-state index >= 15 is 0 Å². The van der Waals surface area contributed by atoms with Gasteiger partial charge in [-0.2, -0.15) is 0 Å². The molecule has 1 aliphatic rings. The molecule has 0 spiro atoms. The molecule has 2 rings (SSSR count). The zero-order chi connectivity index (χ0) is 21.6. The summed E-state index contributed by atoms with van der Waals surface area (Å²) in [7, 11) is 1.47. The number of halogens is 1. The number of carbonyl (C=O) groups excluding carboxylic acids is 4. The van der Waals surface area contributed by atoms with Gasteiger partial charge in [-0.15, -0.1) is 0 Å². The first kappa shape index (κ1) is 22.7. The first-order chi connectivity index (χ1) is 13.7. The molecule has 9 heteroatoms. The maximum Gasteiger partial charge on any atom is 0.413 e. The van der Waals surface area contributed by atoms with Crippen molar-refractivity contribution in [2.75, 3.05) is 13.8 Å². The number of Topliss-reactive ketones (excluding diaryl/α,β-unsaturated/α-hetero) is 1. The van der Waals surface area contributed by atoms with E-state index in [1.54, 1.807) is 24.3 Å². The number of ketones is 1. The molecule has 0 heterocycles. The van der Waals surface area contributed by atoms with Gasteiger partial charge in [0.25, 0.3) is 0 Å². The lowest BCUT2D eigenvalue weighted by molar-refractivity contribution is -0.156. The summed E-state index contributed by atoms with van der Waals surface area (Å²) < 4.78 is 9.92. The summed E-state index contributed by atoms with van der Waals surface area (Å²) in [6, 6.07) is 6.03. The molecule has 0 radical (unpaired) electrons. The molecule has 0 bridgehead atoms. The quantitative estimate of drug-likeness (QED) is 0.556. The van der Waals surface area contributed by atoms with Crippen molar-refractivity contribution >= 4 is 35.4 Å². The molecule has 0 saturated heterocycles. The monoisotopic (exact) mass is 424 g/mol. The number of esters is 1. The Morgan fingerprint density at radius 2 is 1.93 bits per heavy atom. The zero-order valence-electron chi connectivity index (χ0n) is 16.7. The minimum atomic E-state index is -1.23. The van der Waals surface area contributed by atoms with Crippen molar-refractivity contribution in [1.29, 1.82) is 0 Å². The average Bonchev–Trinajstić information content (AvgIpc) is 2.67. The SMILES string of the molecule is CC(=O)NC(C)C(=O)OCOC(=O)N(C)[C@@]1(c2ccccc2Cl)CCCCC1=O. The summed E-state index contributed by atoms with van der Waals surface area (Å²) in [5, 5.41) is 2.76. The summed E-state index contributed by atoms with van der Waals surface area (Å²) in [5.41, 5.74) is -0.691. The van der Waals surface area contributed by atoms with E-state index in [0.717, 1.165) is 12.8 Å². The van der Waals surface area contributed by atoms with Crippen molar-refractivity contribution in [3.8, 4) is 0 Å². The topological polar surface area (TPSA) is 102 Å². The van der Waals surface area contributed by atoms with Gasteiger partial charge in [-0.05, 0) is 32.3 Å². The largest absolute Gasteiger partial charge is 0.426 e. The molecular formula is C20H25ClN2O6. The van der Waals surface area contributed by atoms with Crippen LogP contribution in [-0.4, -0.2) is 48.5 Å². The highest BCUT2D eigenvalue weighted by molar-refractivity contribution is 6.31. The first-order valence-electron chi connectivity index (χ1n) is 9.32. The van der Waals surface area contributed by atoms with Crippen LogP contribution in [0, 0.1) is 0 Å². The summed E-state index contributed by atoms with van der Waals surface area (Å²) >= 11 is 6.35. The fraction of sp³-hybridized carbons (Fsp3) is 0.500. The second-order valence-corrected chi connectivity index (χ2v) is 7.35. The average molecular weight is 425 g/mol. The normalized spacial score (nSPS) is 19.8. The predicted molar refractivity (Wildman–Crippen MR) is 105 cm³/mol. The van der Waals surface area contributed by atoms with Gasteiger partial charge >= 0.3 is 12.1 Å². The predicted octanol–water partition coefficient (Wildman–Crippen LogP) is 2.77. The molecule has 2 atom stereocenters. The first-order valence-corrected chi connectivity index (χ1v) is 9.70. The molecule has 1 aromatic carbocycles. The van der Waals surface area contributed by atoms with Gasteiger partial charge in [-0.1, -0.05) is 29.8 Å². The highest BCUT2D eigenvalue weighted by atomic mass is 35.5. The highest BCUT2D eigenvalue weighted by Crippen LogP contribution is 2.42. The van der Waals surface area contributed by atoms with Crippen LogP contribution in [0.1, 0.15) is 45.1 Å². The summed E-state index contributed by atoms with van der Waals surface area (Å²) in [6.07, 6.45) is 1.41. The van der Waals surface area contributed by atoms with Gasteiger partial charge in [0.1, 0.15) is 11.6 Å². The van der Waals surface area contributed by atoms with E-state index in [1.165, 1.54) is 25.8 Å². The minimum Gasteiger partial charge on any atom is -0.426 e. The maximum atomic E-state index is 13.0. The molecule has 1 unspecified atom stereocenters. The van der Waals surface area contributed by atoms with Crippen LogP contribution in [0.5, 0.6) is 0 Å². The van der Waals surface area contributed by atoms with Crippen molar-refractivity contribution in [3.63, 3.8) is 0 Å². The number of nitrogens with one attached hydrogen (secondary N) is 1. The Hall–Kier alpha value is -2.61. The lowest BCUT2D eigenvalue weighted by atomic mass is 9.74. The van der Waals surface area contributed by atoms with Gasteiger partial charge in [0, 0.05) is 31.0 Å². The van der Waals surface area contributed by atoms with E-state index < -0.39 is 30.4 Å². The van der Waals surface area contributed by atoms with E-state index in [0.29, 0.717) is 23.4 Å². The van der Waals surface area contributed by atoms with Crippen molar-refractivity contribution in [1.82, 2.24) is 10.2 Å². The summed E-state index contributed by atoms with van der Waals surface area (Å²) in [6.45, 7) is 2.08. The third-order valence-electron chi connectivity index (χ3n) is 4.98. The van der Waals surface area contributed by atoms with Gasteiger partial charge in [-0.3, -0.25) is 14.5 Å². The zero-order valence-corrected chi connectivity index (χ0v) is 17.5. The van der Waals surface area contributed by atoms with Crippen LogP contribution in [0.4, 0.5) is 4.79 Å². The molecule has 0 aliphatic heterocycles. The van der Waals surface area contributed by atoms with E-state index in [1.807, 2.05) is 0 Å². The molecule has 1 aliphatic carbocycles. The Kier molecular flexibility index (Phi) is 7.61. The van der Waals surface area contributed by atoms with Crippen LogP contribution in [-0.2, 0) is 29.4 Å². The molecule has 0 aromatic heterocycles. The summed E-state index contributed by atoms with van der Waals surface area (Å²) in [4.78, 5) is 49.6. The molecule has 1 N–H and O–H groups in total. The van der Waals surface area contributed by atoms with Gasteiger partial charge in [-0.25, -0.2) is 9.59 Å². The second-order valence-electron chi connectivity index (χ2n) is 6.94. The smallest absolute Gasteiger partial charge is 0.413 e. The molecule has 1 fully saturated rings. The number of amides is 2. The molecular weight excluding hydrogens is 400 g/mol. The number of nitrogens with zero attached hydrogens (tertiary/aromatic N) is 1. The Morgan fingerprint density at radius 1 is 1.24 bits per heavy atom. The Bertz CT molecular complexity index is 799. The molecule has 1 aromatic rings. The molecule has 1 saturated carbocycles. The number of likely N-dealkylation sites (N-methyl/N-ethyl adjacent to an activating group) is 1. The Labute approximate surface area is 174 Å².